The molecule has 1 aliphatic rings. The molecule has 0 heterocycles. The van der Waals surface area contributed by atoms with E-state index in [2.05, 4.69) is 12.2 Å². The lowest BCUT2D eigenvalue weighted by atomic mass is 10.1. The van der Waals surface area contributed by atoms with Gasteiger partial charge in [0.25, 0.3) is 0 Å². The summed E-state index contributed by atoms with van der Waals surface area (Å²) in [6, 6.07) is 5.55. The minimum Gasteiger partial charge on any atom is -0.478 e. The van der Waals surface area contributed by atoms with Gasteiger partial charge in [0, 0.05) is 12.2 Å². The molecule has 0 aromatic heterocycles. The molecule has 3 heteroatoms. The molecule has 18 heavy (non-hydrogen) atoms. The number of hydrogen-bond donors (Lipinski definition) is 2. The van der Waals surface area contributed by atoms with Gasteiger partial charge >= 0.3 is 5.97 Å². The van der Waals surface area contributed by atoms with Gasteiger partial charge in [-0.1, -0.05) is 25.0 Å². The molecular weight excluding hydrogens is 226 g/mol. The maximum atomic E-state index is 11.2. The first-order valence-electron chi connectivity index (χ1n) is 6.64. The van der Waals surface area contributed by atoms with Crippen molar-refractivity contribution in [3.8, 4) is 0 Å². The molecule has 98 valence electrons. The number of nitrogens with one attached hydrogen (secondary N) is 1. The van der Waals surface area contributed by atoms with E-state index in [0.29, 0.717) is 11.5 Å². The number of anilines is 1. The molecule has 0 spiro atoms. The lowest BCUT2D eigenvalue weighted by molar-refractivity contribution is 0.0698. The topological polar surface area (TPSA) is 49.3 Å². The Kier molecular flexibility index (Phi) is 3.90. The highest BCUT2D eigenvalue weighted by atomic mass is 16.4. The van der Waals surface area contributed by atoms with E-state index >= 15 is 0 Å². The quantitative estimate of drug-likeness (QED) is 0.855. The molecule has 1 saturated carbocycles. The zero-order valence-electron chi connectivity index (χ0n) is 11.1. The second-order valence-corrected chi connectivity index (χ2v) is 5.52. The molecule has 2 rings (SSSR count). The van der Waals surface area contributed by atoms with E-state index in [1.807, 2.05) is 19.1 Å². The van der Waals surface area contributed by atoms with E-state index in [9.17, 15) is 9.90 Å². The van der Waals surface area contributed by atoms with Crippen LogP contribution in [0, 0.1) is 18.8 Å². The number of carboxylic acids is 1. The van der Waals surface area contributed by atoms with E-state index < -0.39 is 5.97 Å². The standard InChI is InChI=1S/C15H21NO2/c1-10-3-5-12(7-10)9-16-14-6-4-11(2)8-13(14)15(17)18/h4,6,8,10,12,16H,3,5,7,9H2,1-2H3,(H,17,18). The minimum atomic E-state index is -0.860. The van der Waals surface area contributed by atoms with Gasteiger partial charge in [-0.2, -0.15) is 0 Å². The number of benzene rings is 1. The van der Waals surface area contributed by atoms with Crippen LogP contribution in [0.1, 0.15) is 42.1 Å². The van der Waals surface area contributed by atoms with Crippen LogP contribution in [-0.4, -0.2) is 17.6 Å². The van der Waals surface area contributed by atoms with Crippen LogP contribution in [0.4, 0.5) is 5.69 Å². The van der Waals surface area contributed by atoms with Crippen LogP contribution in [-0.2, 0) is 0 Å². The van der Waals surface area contributed by atoms with Gasteiger partial charge in [-0.05, 0) is 43.7 Å². The summed E-state index contributed by atoms with van der Waals surface area (Å²) >= 11 is 0. The zero-order valence-corrected chi connectivity index (χ0v) is 11.1. The third-order valence-electron chi connectivity index (χ3n) is 3.79. The molecule has 1 aromatic rings. The summed E-state index contributed by atoms with van der Waals surface area (Å²) in [5.41, 5.74) is 2.10. The zero-order chi connectivity index (χ0) is 13.1. The lowest BCUT2D eigenvalue weighted by Gasteiger charge is -2.14. The summed E-state index contributed by atoms with van der Waals surface area (Å²) < 4.78 is 0. The Balaban J connectivity index is 2.02. The second-order valence-electron chi connectivity index (χ2n) is 5.52. The maximum absolute atomic E-state index is 11.2. The summed E-state index contributed by atoms with van der Waals surface area (Å²) in [7, 11) is 0. The van der Waals surface area contributed by atoms with Crippen molar-refractivity contribution >= 4 is 11.7 Å². The first-order chi connectivity index (χ1) is 8.56. The minimum absolute atomic E-state index is 0.376. The van der Waals surface area contributed by atoms with E-state index in [1.54, 1.807) is 6.07 Å². The van der Waals surface area contributed by atoms with Gasteiger partial charge in [0.2, 0.25) is 0 Å². The third kappa shape index (κ3) is 3.03. The SMILES string of the molecule is Cc1ccc(NCC2CCC(C)C2)c(C(=O)O)c1. The molecule has 2 unspecified atom stereocenters. The lowest BCUT2D eigenvalue weighted by Crippen LogP contribution is -2.14. The number of carbonyl (C=O) groups is 1. The molecule has 0 amide bonds. The van der Waals surface area contributed by atoms with Gasteiger partial charge in [0.05, 0.1) is 5.56 Å². The number of rotatable bonds is 4. The molecule has 0 bridgehead atoms. The Bertz CT molecular complexity index is 442. The molecule has 1 aliphatic carbocycles. The van der Waals surface area contributed by atoms with Crippen LogP contribution in [0.2, 0.25) is 0 Å². The smallest absolute Gasteiger partial charge is 0.337 e. The average Bonchev–Trinajstić information content (AvgIpc) is 2.73. The summed E-state index contributed by atoms with van der Waals surface area (Å²) in [6.07, 6.45) is 3.80. The van der Waals surface area contributed by atoms with Crippen molar-refractivity contribution in [3.05, 3.63) is 29.3 Å². The summed E-state index contributed by atoms with van der Waals surface area (Å²) in [4.78, 5) is 11.2. The molecule has 1 aromatic carbocycles. The molecule has 3 nitrogen and oxygen atoms in total. The van der Waals surface area contributed by atoms with Gasteiger partial charge in [0.1, 0.15) is 0 Å². The largest absolute Gasteiger partial charge is 0.478 e. The van der Waals surface area contributed by atoms with Crippen LogP contribution >= 0.6 is 0 Å². The second kappa shape index (κ2) is 5.42. The van der Waals surface area contributed by atoms with Crippen molar-refractivity contribution in [1.82, 2.24) is 0 Å². The maximum Gasteiger partial charge on any atom is 0.337 e. The first-order valence-corrected chi connectivity index (χ1v) is 6.64. The van der Waals surface area contributed by atoms with Gasteiger partial charge in [0.15, 0.2) is 0 Å². The third-order valence-corrected chi connectivity index (χ3v) is 3.79. The number of aryl methyl sites for hydroxylation is 1. The monoisotopic (exact) mass is 247 g/mol. The van der Waals surface area contributed by atoms with Crippen molar-refractivity contribution in [2.24, 2.45) is 11.8 Å². The average molecular weight is 247 g/mol. The predicted octanol–water partition coefficient (Wildman–Crippen LogP) is 3.54. The van der Waals surface area contributed by atoms with E-state index in [4.69, 9.17) is 0 Å². The number of hydrogen-bond acceptors (Lipinski definition) is 2. The van der Waals surface area contributed by atoms with E-state index in [0.717, 1.165) is 23.7 Å². The van der Waals surface area contributed by atoms with Crippen LogP contribution in [0.25, 0.3) is 0 Å². The Hall–Kier alpha value is -1.51. The Labute approximate surface area is 108 Å². The first kappa shape index (κ1) is 12.9. The molecule has 0 radical (unpaired) electrons. The fraction of sp³-hybridized carbons (Fsp3) is 0.533. The van der Waals surface area contributed by atoms with Crippen LogP contribution in [0.3, 0.4) is 0 Å². The van der Waals surface area contributed by atoms with Gasteiger partial charge in [-0.3, -0.25) is 0 Å². The van der Waals surface area contributed by atoms with Crippen molar-refractivity contribution in [1.29, 1.82) is 0 Å². The summed E-state index contributed by atoms with van der Waals surface area (Å²) in [5, 5.41) is 12.5. The molecular formula is C15H21NO2. The Morgan fingerprint density at radius 2 is 2.22 bits per heavy atom. The number of aromatic carboxylic acids is 1. The van der Waals surface area contributed by atoms with Crippen LogP contribution < -0.4 is 5.32 Å². The van der Waals surface area contributed by atoms with Gasteiger partial charge in [-0.25, -0.2) is 4.79 Å². The molecule has 2 N–H and O–H groups in total. The van der Waals surface area contributed by atoms with Gasteiger partial charge < -0.3 is 10.4 Å². The molecule has 2 atom stereocenters. The van der Waals surface area contributed by atoms with E-state index in [1.165, 1.54) is 19.3 Å². The van der Waals surface area contributed by atoms with E-state index in [-0.39, 0.29) is 0 Å². The van der Waals surface area contributed by atoms with Crippen molar-refractivity contribution in [3.63, 3.8) is 0 Å². The van der Waals surface area contributed by atoms with Crippen LogP contribution in [0.5, 0.6) is 0 Å². The molecule has 1 fully saturated rings. The highest BCUT2D eigenvalue weighted by molar-refractivity contribution is 5.94. The summed E-state index contributed by atoms with van der Waals surface area (Å²) in [5.74, 6) is 0.637. The number of carboxylic acid groups (broad SMARTS) is 1. The Morgan fingerprint density at radius 1 is 1.44 bits per heavy atom. The molecule has 0 aliphatic heterocycles. The highest BCUT2D eigenvalue weighted by Gasteiger charge is 2.21. The highest BCUT2D eigenvalue weighted by Crippen LogP contribution is 2.30. The summed E-state index contributed by atoms with van der Waals surface area (Å²) in [6.45, 7) is 5.08. The fourth-order valence-corrected chi connectivity index (χ4v) is 2.75. The predicted molar refractivity (Wildman–Crippen MR) is 73.1 cm³/mol. The van der Waals surface area contributed by atoms with Crippen LogP contribution in [0.15, 0.2) is 18.2 Å². The van der Waals surface area contributed by atoms with Crippen molar-refractivity contribution in [2.75, 3.05) is 11.9 Å². The van der Waals surface area contributed by atoms with Gasteiger partial charge in [-0.15, -0.1) is 0 Å². The van der Waals surface area contributed by atoms with Crippen molar-refractivity contribution < 1.29 is 9.90 Å². The Morgan fingerprint density at radius 3 is 2.83 bits per heavy atom. The van der Waals surface area contributed by atoms with Crippen molar-refractivity contribution in [2.45, 2.75) is 33.1 Å². The fourth-order valence-electron chi connectivity index (χ4n) is 2.75. The normalized spacial score (nSPS) is 23.0. The molecule has 0 saturated heterocycles.